The number of alkyl halides is 3. The average Bonchev–Trinajstić information content (AvgIpc) is 2.87. The lowest BCUT2D eigenvalue weighted by molar-refractivity contribution is -0.384. The van der Waals surface area contributed by atoms with Crippen LogP contribution in [0.3, 0.4) is 0 Å². The molecule has 9 heteroatoms. The molecule has 23 heavy (non-hydrogen) atoms. The number of non-ortho nitro benzene ring substituents is 1. The molecule has 118 valence electrons. The van der Waals surface area contributed by atoms with E-state index in [2.05, 4.69) is 15.3 Å². The first-order valence-electron chi connectivity index (χ1n) is 6.41. The van der Waals surface area contributed by atoms with Gasteiger partial charge in [0.2, 0.25) is 5.95 Å². The first kappa shape index (κ1) is 14.8. The van der Waals surface area contributed by atoms with Crippen LogP contribution in [-0.4, -0.2) is 14.9 Å². The first-order chi connectivity index (χ1) is 10.8. The molecule has 0 saturated carbocycles. The first-order valence-corrected chi connectivity index (χ1v) is 6.41. The van der Waals surface area contributed by atoms with E-state index < -0.39 is 16.7 Å². The van der Waals surface area contributed by atoms with Crippen molar-refractivity contribution < 1.29 is 18.1 Å². The number of nitrogens with zero attached hydrogens (tertiary/aromatic N) is 2. The van der Waals surface area contributed by atoms with Crippen molar-refractivity contribution in [3.63, 3.8) is 0 Å². The molecule has 0 amide bonds. The molecule has 0 fully saturated rings. The van der Waals surface area contributed by atoms with Crippen molar-refractivity contribution in [2.24, 2.45) is 0 Å². The van der Waals surface area contributed by atoms with Crippen LogP contribution in [0, 0.1) is 10.1 Å². The number of aromatic amines is 1. The zero-order valence-electron chi connectivity index (χ0n) is 11.4. The van der Waals surface area contributed by atoms with E-state index in [1.54, 1.807) is 0 Å². The summed E-state index contributed by atoms with van der Waals surface area (Å²) in [7, 11) is 0. The third-order valence-corrected chi connectivity index (χ3v) is 3.15. The molecule has 3 rings (SSSR count). The fourth-order valence-electron chi connectivity index (χ4n) is 2.05. The van der Waals surface area contributed by atoms with Gasteiger partial charge in [0.1, 0.15) is 0 Å². The minimum absolute atomic E-state index is 0.0813. The van der Waals surface area contributed by atoms with Crippen LogP contribution in [0.4, 0.5) is 30.5 Å². The minimum Gasteiger partial charge on any atom is -0.326 e. The summed E-state index contributed by atoms with van der Waals surface area (Å²) in [5.41, 5.74) is 0.538. The summed E-state index contributed by atoms with van der Waals surface area (Å²) in [4.78, 5) is 17.2. The van der Waals surface area contributed by atoms with Crippen LogP contribution in [0.5, 0.6) is 0 Å². The Bertz CT molecular complexity index is 872. The lowest BCUT2D eigenvalue weighted by atomic mass is 10.2. The van der Waals surface area contributed by atoms with Crippen LogP contribution in [0.15, 0.2) is 42.5 Å². The third-order valence-electron chi connectivity index (χ3n) is 3.15. The second-order valence-electron chi connectivity index (χ2n) is 4.74. The maximum Gasteiger partial charge on any atom is 0.416 e. The van der Waals surface area contributed by atoms with Crippen molar-refractivity contribution in [1.29, 1.82) is 0 Å². The molecular weight excluding hydrogens is 313 g/mol. The summed E-state index contributed by atoms with van der Waals surface area (Å²) in [6.07, 6.45) is -4.39. The van der Waals surface area contributed by atoms with E-state index in [1.165, 1.54) is 30.3 Å². The molecule has 1 heterocycles. The van der Waals surface area contributed by atoms with Gasteiger partial charge in [-0.15, -0.1) is 0 Å². The highest BCUT2D eigenvalue weighted by Crippen LogP contribution is 2.30. The molecule has 2 aromatic carbocycles. The summed E-state index contributed by atoms with van der Waals surface area (Å²) >= 11 is 0. The number of nitrogens with one attached hydrogen (secondary N) is 2. The van der Waals surface area contributed by atoms with Gasteiger partial charge in [0.25, 0.3) is 5.69 Å². The Morgan fingerprint density at radius 3 is 2.43 bits per heavy atom. The molecule has 6 nitrogen and oxygen atoms in total. The average molecular weight is 322 g/mol. The molecule has 0 radical (unpaired) electrons. The van der Waals surface area contributed by atoms with Gasteiger partial charge in [0, 0.05) is 17.8 Å². The number of benzene rings is 2. The Hall–Kier alpha value is -3.10. The molecule has 0 saturated heterocycles. The largest absolute Gasteiger partial charge is 0.416 e. The van der Waals surface area contributed by atoms with E-state index in [0.717, 1.165) is 12.1 Å². The predicted octanol–water partition coefficient (Wildman–Crippen LogP) is 4.23. The summed E-state index contributed by atoms with van der Waals surface area (Å²) in [5, 5.41) is 13.5. The normalized spacial score (nSPS) is 11.6. The van der Waals surface area contributed by atoms with Crippen LogP contribution in [0.2, 0.25) is 0 Å². The zero-order valence-corrected chi connectivity index (χ0v) is 11.4. The molecule has 0 bridgehead atoms. The Kier molecular flexibility index (Phi) is 3.40. The van der Waals surface area contributed by atoms with Crippen LogP contribution in [0.25, 0.3) is 11.0 Å². The van der Waals surface area contributed by atoms with Crippen molar-refractivity contribution >= 4 is 28.4 Å². The van der Waals surface area contributed by atoms with Gasteiger partial charge in [-0.1, -0.05) is 0 Å². The number of hydrogen-bond acceptors (Lipinski definition) is 4. The number of nitro benzene ring substituents is 1. The lowest BCUT2D eigenvalue weighted by Crippen LogP contribution is -2.04. The highest BCUT2D eigenvalue weighted by molar-refractivity contribution is 5.80. The number of H-pyrrole nitrogens is 1. The quantitative estimate of drug-likeness (QED) is 0.558. The van der Waals surface area contributed by atoms with Crippen molar-refractivity contribution in [3.05, 3.63) is 58.1 Å². The predicted molar refractivity (Wildman–Crippen MR) is 77.5 cm³/mol. The number of fused-ring (bicyclic) bond motifs is 1. The molecule has 3 aromatic rings. The highest BCUT2D eigenvalue weighted by atomic mass is 19.4. The summed E-state index contributed by atoms with van der Waals surface area (Å²) in [5.74, 6) is 0.278. The van der Waals surface area contributed by atoms with Crippen molar-refractivity contribution in [3.8, 4) is 0 Å². The number of anilines is 2. The molecule has 1 aromatic heterocycles. The highest BCUT2D eigenvalue weighted by Gasteiger charge is 2.29. The van der Waals surface area contributed by atoms with Gasteiger partial charge in [-0.3, -0.25) is 10.1 Å². The fraction of sp³-hybridized carbons (Fsp3) is 0.0714. The molecule has 0 atom stereocenters. The summed E-state index contributed by atoms with van der Waals surface area (Å²) in [6.45, 7) is 0. The van der Waals surface area contributed by atoms with Gasteiger partial charge in [0.15, 0.2) is 0 Å². The fourth-order valence-corrected chi connectivity index (χ4v) is 2.05. The number of aromatic nitrogens is 2. The van der Waals surface area contributed by atoms with E-state index in [4.69, 9.17) is 0 Å². The van der Waals surface area contributed by atoms with Crippen molar-refractivity contribution in [2.45, 2.75) is 6.18 Å². The van der Waals surface area contributed by atoms with Gasteiger partial charge >= 0.3 is 6.18 Å². The topological polar surface area (TPSA) is 83.8 Å². The van der Waals surface area contributed by atoms with Gasteiger partial charge in [0.05, 0.1) is 21.5 Å². The molecule has 2 N–H and O–H groups in total. The Morgan fingerprint density at radius 1 is 1.13 bits per heavy atom. The standard InChI is InChI=1S/C14H9F3N4O2/c15-14(16,17)8-1-3-9(4-2-8)18-13-19-11-6-5-10(21(22)23)7-12(11)20-13/h1-7H,(H2,18,19,20). The lowest BCUT2D eigenvalue weighted by Gasteiger charge is -2.07. The second kappa shape index (κ2) is 5.27. The van der Waals surface area contributed by atoms with Crippen molar-refractivity contribution in [1.82, 2.24) is 9.97 Å². The summed E-state index contributed by atoms with van der Waals surface area (Å²) in [6, 6.07) is 8.61. The second-order valence-corrected chi connectivity index (χ2v) is 4.74. The number of rotatable bonds is 3. The van der Waals surface area contributed by atoms with E-state index in [1.807, 2.05) is 0 Å². The molecule has 0 aliphatic carbocycles. The minimum atomic E-state index is -4.39. The van der Waals surface area contributed by atoms with E-state index in [-0.39, 0.29) is 11.6 Å². The number of halogens is 3. The maximum atomic E-state index is 12.5. The van der Waals surface area contributed by atoms with E-state index in [9.17, 15) is 23.3 Å². The summed E-state index contributed by atoms with van der Waals surface area (Å²) < 4.78 is 37.5. The van der Waals surface area contributed by atoms with Gasteiger partial charge in [-0.2, -0.15) is 13.2 Å². The molecule has 0 aliphatic heterocycles. The zero-order chi connectivity index (χ0) is 16.6. The Morgan fingerprint density at radius 2 is 1.83 bits per heavy atom. The van der Waals surface area contributed by atoms with Crippen molar-refractivity contribution in [2.75, 3.05) is 5.32 Å². The number of imidazole rings is 1. The monoisotopic (exact) mass is 322 g/mol. The van der Waals surface area contributed by atoms with Crippen LogP contribution >= 0.6 is 0 Å². The smallest absolute Gasteiger partial charge is 0.326 e. The number of hydrogen-bond donors (Lipinski definition) is 2. The molecule has 0 spiro atoms. The van der Waals surface area contributed by atoms with Crippen LogP contribution in [-0.2, 0) is 6.18 Å². The maximum absolute atomic E-state index is 12.5. The molecule has 0 aliphatic rings. The molecule has 0 unspecified atom stereocenters. The SMILES string of the molecule is O=[N+]([O-])c1ccc2nc(Nc3ccc(C(F)(F)F)cc3)[nH]c2c1. The van der Waals surface area contributed by atoms with Crippen LogP contribution in [0.1, 0.15) is 5.56 Å². The van der Waals surface area contributed by atoms with E-state index in [0.29, 0.717) is 16.7 Å². The number of nitro groups is 1. The Balaban J connectivity index is 1.85. The Labute approximate surface area is 127 Å². The van der Waals surface area contributed by atoms with Gasteiger partial charge in [-0.25, -0.2) is 4.98 Å². The van der Waals surface area contributed by atoms with E-state index >= 15 is 0 Å². The molecular formula is C14H9F3N4O2. The van der Waals surface area contributed by atoms with Gasteiger partial charge < -0.3 is 10.3 Å². The van der Waals surface area contributed by atoms with Crippen LogP contribution < -0.4 is 5.32 Å². The van der Waals surface area contributed by atoms with Gasteiger partial charge in [-0.05, 0) is 30.3 Å². The third kappa shape index (κ3) is 3.07.